The molecule has 0 heterocycles. The van der Waals surface area contributed by atoms with E-state index in [9.17, 15) is 9.59 Å². The van der Waals surface area contributed by atoms with Crippen LogP contribution in [-0.2, 0) is 9.59 Å². The Morgan fingerprint density at radius 1 is 1.54 bits per heavy atom. The highest BCUT2D eigenvalue weighted by Gasteiger charge is 2.24. The number of nitriles is 1. The van der Waals surface area contributed by atoms with Gasteiger partial charge in [-0.3, -0.25) is 0 Å². The predicted molar refractivity (Wildman–Crippen MR) is 46.0 cm³/mol. The van der Waals surface area contributed by atoms with Crippen LogP contribution in [0.25, 0.3) is 0 Å². The minimum atomic E-state index is 0.0496. The molecule has 1 atom stereocenters. The molecule has 1 rings (SSSR count). The van der Waals surface area contributed by atoms with Gasteiger partial charge in [0.15, 0.2) is 0 Å². The number of allylic oxidation sites excluding steroid dienone is 2. The van der Waals surface area contributed by atoms with E-state index in [4.69, 9.17) is 5.26 Å². The van der Waals surface area contributed by atoms with Gasteiger partial charge >= 0.3 is 0 Å². The number of carbonyl (C=O) groups excluding carboxylic acids is 2. The number of hydrogen-bond donors (Lipinski definition) is 0. The van der Waals surface area contributed by atoms with E-state index < -0.39 is 0 Å². The minimum Gasteiger partial charge on any atom is -0.234 e. The van der Waals surface area contributed by atoms with Gasteiger partial charge in [-0.1, -0.05) is 0 Å². The highest BCUT2D eigenvalue weighted by molar-refractivity contribution is 5.58. The summed E-state index contributed by atoms with van der Waals surface area (Å²) in [5, 5.41) is 8.42. The van der Waals surface area contributed by atoms with Gasteiger partial charge in [0.25, 0.3) is 0 Å². The molecule has 0 aliphatic heterocycles. The lowest BCUT2D eigenvalue weighted by molar-refractivity contribution is 0.555. The highest BCUT2D eigenvalue weighted by Crippen LogP contribution is 2.33. The summed E-state index contributed by atoms with van der Waals surface area (Å²) in [6.07, 6.45) is 2.18. The summed E-state index contributed by atoms with van der Waals surface area (Å²) in [5.74, 6) is 3.70. The molecular weight excluding hydrogens is 166 g/mol. The van der Waals surface area contributed by atoms with Gasteiger partial charge in [0.2, 0.25) is 0 Å². The Kier molecular flexibility index (Phi) is 3.23. The van der Waals surface area contributed by atoms with Crippen LogP contribution in [0.1, 0.15) is 25.7 Å². The molecule has 1 fully saturated rings. The first-order valence-corrected chi connectivity index (χ1v) is 4.15. The maximum Gasteiger partial charge on any atom is 0.124 e. The van der Waals surface area contributed by atoms with E-state index in [1.165, 1.54) is 0 Å². The van der Waals surface area contributed by atoms with Crippen LogP contribution < -0.4 is 0 Å². The van der Waals surface area contributed by atoms with E-state index >= 15 is 0 Å². The Morgan fingerprint density at radius 3 is 2.77 bits per heavy atom. The molecule has 0 saturated heterocycles. The molecule has 66 valence electrons. The van der Waals surface area contributed by atoms with Crippen molar-refractivity contribution >= 4 is 11.9 Å². The molecule has 1 saturated carbocycles. The Bertz CT molecular complexity index is 338. The Morgan fingerprint density at radius 2 is 2.31 bits per heavy atom. The minimum absolute atomic E-state index is 0.0496. The van der Waals surface area contributed by atoms with Crippen molar-refractivity contribution in [2.45, 2.75) is 25.7 Å². The first-order valence-electron chi connectivity index (χ1n) is 4.15. The lowest BCUT2D eigenvalue weighted by atomic mass is 9.96. The second kappa shape index (κ2) is 4.42. The summed E-state index contributed by atoms with van der Waals surface area (Å²) in [5.41, 5.74) is 1.21. The van der Waals surface area contributed by atoms with Gasteiger partial charge in [0.05, 0.1) is 12.5 Å². The molecule has 0 aromatic heterocycles. The van der Waals surface area contributed by atoms with E-state index in [0.29, 0.717) is 18.4 Å². The molecule has 3 heteroatoms. The van der Waals surface area contributed by atoms with Gasteiger partial charge in [0, 0.05) is 11.1 Å². The zero-order chi connectivity index (χ0) is 9.68. The maximum atomic E-state index is 10.5. The van der Waals surface area contributed by atoms with Gasteiger partial charge < -0.3 is 0 Å². The van der Waals surface area contributed by atoms with Crippen molar-refractivity contribution in [2.75, 3.05) is 0 Å². The highest BCUT2D eigenvalue weighted by atomic mass is 16.1. The van der Waals surface area contributed by atoms with Crippen LogP contribution in [0, 0.1) is 17.2 Å². The van der Waals surface area contributed by atoms with Crippen molar-refractivity contribution in [3.8, 4) is 6.07 Å². The van der Waals surface area contributed by atoms with Gasteiger partial charge in [-0.2, -0.15) is 5.26 Å². The normalized spacial score (nSPS) is 20.2. The lowest BCUT2D eigenvalue weighted by Crippen LogP contribution is -1.98. The molecule has 0 bridgehead atoms. The van der Waals surface area contributed by atoms with Crippen molar-refractivity contribution in [1.29, 1.82) is 5.26 Å². The molecule has 0 spiro atoms. The predicted octanol–water partition coefficient (Wildman–Crippen LogP) is 1.22. The third-order valence-corrected chi connectivity index (χ3v) is 2.33. The van der Waals surface area contributed by atoms with Gasteiger partial charge in [-0.05, 0) is 25.2 Å². The van der Waals surface area contributed by atoms with Crippen molar-refractivity contribution in [3.63, 3.8) is 0 Å². The van der Waals surface area contributed by atoms with E-state index in [0.717, 1.165) is 12.0 Å². The number of hydrogen-bond acceptors (Lipinski definition) is 3. The first-order chi connectivity index (χ1) is 6.31. The second-order valence-corrected chi connectivity index (χ2v) is 3.11. The average Bonchev–Trinajstić information content (AvgIpc) is 2.62. The van der Waals surface area contributed by atoms with Crippen molar-refractivity contribution in [2.24, 2.45) is 5.92 Å². The first kappa shape index (κ1) is 9.48. The summed E-state index contributed by atoms with van der Waals surface area (Å²) < 4.78 is 0. The molecule has 1 aliphatic rings. The third kappa shape index (κ3) is 2.16. The van der Waals surface area contributed by atoms with Crippen molar-refractivity contribution in [3.05, 3.63) is 11.1 Å². The largest absolute Gasteiger partial charge is 0.234 e. The van der Waals surface area contributed by atoms with Crippen LogP contribution >= 0.6 is 0 Å². The average molecular weight is 175 g/mol. The maximum absolute atomic E-state index is 10.5. The molecule has 0 aromatic carbocycles. The van der Waals surface area contributed by atoms with Crippen LogP contribution in [0.4, 0.5) is 0 Å². The van der Waals surface area contributed by atoms with E-state index in [1.807, 2.05) is 12.0 Å². The Hall–Kier alpha value is -1.61. The summed E-state index contributed by atoms with van der Waals surface area (Å²) in [6, 6.07) is 1.92. The molecule has 0 amide bonds. The van der Waals surface area contributed by atoms with Crippen LogP contribution in [0.2, 0.25) is 0 Å². The quantitative estimate of drug-likeness (QED) is 0.593. The van der Waals surface area contributed by atoms with Crippen LogP contribution in [0.5, 0.6) is 0 Å². The van der Waals surface area contributed by atoms with Gasteiger partial charge in [0.1, 0.15) is 11.9 Å². The molecule has 0 aromatic rings. The fraction of sp³-hybridized carbons (Fsp3) is 0.500. The van der Waals surface area contributed by atoms with Crippen LogP contribution in [-0.4, -0.2) is 11.9 Å². The lowest BCUT2D eigenvalue weighted by Gasteiger charge is -2.04. The summed E-state index contributed by atoms with van der Waals surface area (Å²) in [4.78, 5) is 20.7. The van der Waals surface area contributed by atoms with E-state index in [-0.39, 0.29) is 12.3 Å². The molecule has 1 aliphatic carbocycles. The van der Waals surface area contributed by atoms with Crippen molar-refractivity contribution < 1.29 is 9.59 Å². The van der Waals surface area contributed by atoms with Crippen molar-refractivity contribution in [1.82, 2.24) is 0 Å². The Labute approximate surface area is 76.4 Å². The second-order valence-electron chi connectivity index (χ2n) is 3.11. The molecular formula is C10H9NO2. The van der Waals surface area contributed by atoms with E-state index in [1.54, 1.807) is 5.94 Å². The number of rotatable bonds is 2. The van der Waals surface area contributed by atoms with Crippen LogP contribution in [0.3, 0.4) is 0 Å². The standard InChI is InChI=1S/C10H9NO2/c11-4-3-10(7-13)9-2-1-8(5-9)6-12/h9H,1-3,5H2. The summed E-state index contributed by atoms with van der Waals surface area (Å²) in [7, 11) is 0. The smallest absolute Gasteiger partial charge is 0.124 e. The van der Waals surface area contributed by atoms with Gasteiger partial charge in [-0.25, -0.2) is 9.59 Å². The van der Waals surface area contributed by atoms with Gasteiger partial charge in [-0.15, -0.1) is 0 Å². The number of nitrogens with zero attached hydrogens (tertiary/aromatic N) is 1. The monoisotopic (exact) mass is 175 g/mol. The Balaban J connectivity index is 2.71. The zero-order valence-corrected chi connectivity index (χ0v) is 7.17. The molecule has 0 N–H and O–H groups in total. The third-order valence-electron chi connectivity index (χ3n) is 2.33. The molecule has 3 nitrogen and oxygen atoms in total. The van der Waals surface area contributed by atoms with E-state index in [2.05, 4.69) is 0 Å². The topological polar surface area (TPSA) is 57.9 Å². The SMILES string of the molecule is N#CCC(=C=O)C1CCC(=C=O)C1. The van der Waals surface area contributed by atoms with Crippen LogP contribution in [0.15, 0.2) is 11.1 Å². The molecule has 13 heavy (non-hydrogen) atoms. The zero-order valence-electron chi connectivity index (χ0n) is 7.17. The summed E-state index contributed by atoms with van der Waals surface area (Å²) in [6.45, 7) is 0. The molecule has 0 radical (unpaired) electrons. The fourth-order valence-corrected chi connectivity index (χ4v) is 1.59. The fourth-order valence-electron chi connectivity index (χ4n) is 1.59. The summed E-state index contributed by atoms with van der Waals surface area (Å²) >= 11 is 0. The molecule has 1 unspecified atom stereocenters.